The molecule has 1 saturated heterocycles. The Labute approximate surface area is 110 Å². The van der Waals surface area contributed by atoms with Gasteiger partial charge in [-0.15, -0.1) is 0 Å². The highest BCUT2D eigenvalue weighted by molar-refractivity contribution is 8.00. The zero-order chi connectivity index (χ0) is 13.3. The lowest BCUT2D eigenvalue weighted by Crippen LogP contribution is -2.45. The van der Waals surface area contributed by atoms with Gasteiger partial charge in [-0.1, -0.05) is 6.92 Å². The number of pyridine rings is 1. The number of nitrogen functional groups attached to an aromatic ring is 1. The van der Waals surface area contributed by atoms with Crippen LogP contribution >= 0.6 is 11.8 Å². The Kier molecular flexibility index (Phi) is 3.60. The standard InChI is InChI=1S/C11H16N4O2S/c1-7-8(2)18-4-3-14(7)11-6-9(15(16)17)5-10(12)13-11/h5-8H,3-4H2,1-2H3,(H2,12,13). The molecule has 1 aliphatic heterocycles. The highest BCUT2D eigenvalue weighted by atomic mass is 32.2. The summed E-state index contributed by atoms with van der Waals surface area (Å²) in [5.41, 5.74) is 5.63. The molecule has 0 bridgehead atoms. The Morgan fingerprint density at radius 1 is 1.56 bits per heavy atom. The average Bonchev–Trinajstić information content (AvgIpc) is 2.31. The van der Waals surface area contributed by atoms with Crippen LogP contribution < -0.4 is 10.6 Å². The van der Waals surface area contributed by atoms with Crippen molar-refractivity contribution >= 4 is 29.1 Å². The molecule has 2 rings (SSSR count). The largest absolute Gasteiger partial charge is 0.383 e. The Bertz CT molecular complexity index is 468. The molecule has 0 aromatic carbocycles. The van der Waals surface area contributed by atoms with E-state index in [0.717, 1.165) is 12.3 Å². The summed E-state index contributed by atoms with van der Waals surface area (Å²) in [4.78, 5) is 16.7. The van der Waals surface area contributed by atoms with Crippen molar-refractivity contribution in [3.63, 3.8) is 0 Å². The van der Waals surface area contributed by atoms with Crippen LogP contribution in [0.4, 0.5) is 17.3 Å². The van der Waals surface area contributed by atoms with Gasteiger partial charge in [-0.05, 0) is 6.92 Å². The third-order valence-electron chi connectivity index (χ3n) is 3.21. The molecule has 2 atom stereocenters. The number of thioether (sulfide) groups is 1. The summed E-state index contributed by atoms with van der Waals surface area (Å²) >= 11 is 1.90. The number of nitrogens with zero attached hydrogens (tertiary/aromatic N) is 3. The molecule has 0 amide bonds. The third-order valence-corrected chi connectivity index (χ3v) is 4.54. The predicted octanol–water partition coefficient (Wildman–Crippen LogP) is 1.90. The summed E-state index contributed by atoms with van der Waals surface area (Å²) < 4.78 is 0. The van der Waals surface area contributed by atoms with Crippen molar-refractivity contribution in [2.24, 2.45) is 0 Å². The molecule has 1 aromatic rings. The fraction of sp³-hybridized carbons (Fsp3) is 0.545. The molecule has 0 saturated carbocycles. The van der Waals surface area contributed by atoms with Crippen LogP contribution in [-0.2, 0) is 0 Å². The molecule has 2 unspecified atom stereocenters. The Morgan fingerprint density at radius 3 is 2.94 bits per heavy atom. The molecule has 2 heterocycles. The van der Waals surface area contributed by atoms with E-state index in [0.29, 0.717) is 11.1 Å². The quantitative estimate of drug-likeness (QED) is 0.651. The lowest BCUT2D eigenvalue weighted by atomic mass is 10.2. The van der Waals surface area contributed by atoms with Crippen molar-refractivity contribution in [2.45, 2.75) is 25.1 Å². The molecule has 7 heteroatoms. The highest BCUT2D eigenvalue weighted by Crippen LogP contribution is 2.30. The van der Waals surface area contributed by atoms with E-state index in [2.05, 4.69) is 23.7 Å². The number of hydrogen-bond acceptors (Lipinski definition) is 6. The summed E-state index contributed by atoms with van der Waals surface area (Å²) in [7, 11) is 0. The number of rotatable bonds is 2. The fourth-order valence-corrected chi connectivity index (χ4v) is 3.13. The molecule has 0 spiro atoms. The molecule has 1 aliphatic rings. The molecule has 98 valence electrons. The van der Waals surface area contributed by atoms with E-state index >= 15 is 0 Å². The number of nitrogens with two attached hydrogens (primary N) is 1. The van der Waals surface area contributed by atoms with Gasteiger partial charge in [-0.25, -0.2) is 4.98 Å². The van der Waals surface area contributed by atoms with Crippen molar-refractivity contribution in [2.75, 3.05) is 22.9 Å². The monoisotopic (exact) mass is 268 g/mol. The summed E-state index contributed by atoms with van der Waals surface area (Å²) in [6, 6.07) is 3.07. The summed E-state index contributed by atoms with van der Waals surface area (Å²) in [5.74, 6) is 1.79. The third kappa shape index (κ3) is 2.50. The van der Waals surface area contributed by atoms with Gasteiger partial charge < -0.3 is 10.6 Å². The smallest absolute Gasteiger partial charge is 0.276 e. The van der Waals surface area contributed by atoms with Crippen LogP contribution in [0.5, 0.6) is 0 Å². The predicted molar refractivity (Wildman–Crippen MR) is 74.0 cm³/mol. The topological polar surface area (TPSA) is 85.3 Å². The maximum atomic E-state index is 10.8. The SMILES string of the molecule is CC1SCCN(c2cc([N+](=O)[O-])cc(N)n2)C1C. The maximum absolute atomic E-state index is 10.8. The van der Waals surface area contributed by atoms with E-state index in [1.54, 1.807) is 0 Å². The Hall–Kier alpha value is -1.50. The van der Waals surface area contributed by atoms with Gasteiger partial charge in [0.15, 0.2) is 0 Å². The van der Waals surface area contributed by atoms with Gasteiger partial charge in [-0.3, -0.25) is 10.1 Å². The zero-order valence-electron chi connectivity index (χ0n) is 10.4. The second-order valence-corrected chi connectivity index (χ2v) is 5.86. The summed E-state index contributed by atoms with van der Waals surface area (Å²) in [6.07, 6.45) is 0. The van der Waals surface area contributed by atoms with E-state index in [4.69, 9.17) is 5.73 Å². The number of hydrogen-bond donors (Lipinski definition) is 1. The molecule has 0 radical (unpaired) electrons. The van der Waals surface area contributed by atoms with Crippen LogP contribution in [0, 0.1) is 10.1 Å². The first-order valence-corrected chi connectivity index (χ1v) is 6.84. The number of anilines is 2. The van der Waals surface area contributed by atoms with Crippen molar-refractivity contribution in [1.82, 2.24) is 4.98 Å². The first kappa shape index (κ1) is 12.9. The molecule has 2 N–H and O–H groups in total. The zero-order valence-corrected chi connectivity index (χ0v) is 11.2. The molecular weight excluding hydrogens is 252 g/mol. The van der Waals surface area contributed by atoms with Gasteiger partial charge in [0, 0.05) is 23.6 Å². The van der Waals surface area contributed by atoms with Crippen LogP contribution in [-0.4, -0.2) is 33.5 Å². The van der Waals surface area contributed by atoms with Crippen LogP contribution in [0.15, 0.2) is 12.1 Å². The normalized spacial score (nSPS) is 24.0. The molecular formula is C11H16N4O2S. The van der Waals surface area contributed by atoms with Gasteiger partial charge >= 0.3 is 0 Å². The first-order chi connectivity index (χ1) is 8.49. The van der Waals surface area contributed by atoms with Gasteiger partial charge in [0.25, 0.3) is 5.69 Å². The van der Waals surface area contributed by atoms with Gasteiger partial charge in [0.1, 0.15) is 11.6 Å². The second kappa shape index (κ2) is 5.01. The highest BCUT2D eigenvalue weighted by Gasteiger charge is 2.27. The molecule has 1 aromatic heterocycles. The lowest BCUT2D eigenvalue weighted by Gasteiger charge is -2.38. The van der Waals surface area contributed by atoms with Crippen molar-refractivity contribution < 1.29 is 4.92 Å². The fourth-order valence-electron chi connectivity index (χ4n) is 2.03. The van der Waals surface area contributed by atoms with E-state index in [1.807, 2.05) is 11.8 Å². The number of aromatic nitrogens is 1. The van der Waals surface area contributed by atoms with E-state index in [-0.39, 0.29) is 17.5 Å². The van der Waals surface area contributed by atoms with E-state index < -0.39 is 4.92 Å². The Balaban J connectivity index is 2.35. The lowest BCUT2D eigenvalue weighted by molar-refractivity contribution is -0.384. The van der Waals surface area contributed by atoms with Crippen LogP contribution in [0.1, 0.15) is 13.8 Å². The Morgan fingerprint density at radius 2 is 2.28 bits per heavy atom. The van der Waals surface area contributed by atoms with E-state index in [9.17, 15) is 10.1 Å². The van der Waals surface area contributed by atoms with Gasteiger partial charge in [-0.2, -0.15) is 11.8 Å². The molecule has 6 nitrogen and oxygen atoms in total. The van der Waals surface area contributed by atoms with Crippen LogP contribution in [0.25, 0.3) is 0 Å². The first-order valence-electron chi connectivity index (χ1n) is 5.79. The minimum absolute atomic E-state index is 0.00409. The summed E-state index contributed by atoms with van der Waals surface area (Å²) in [6.45, 7) is 5.10. The van der Waals surface area contributed by atoms with E-state index in [1.165, 1.54) is 12.1 Å². The maximum Gasteiger partial charge on any atom is 0.276 e. The van der Waals surface area contributed by atoms with Crippen LogP contribution in [0.2, 0.25) is 0 Å². The van der Waals surface area contributed by atoms with Crippen molar-refractivity contribution in [3.8, 4) is 0 Å². The summed E-state index contributed by atoms with van der Waals surface area (Å²) in [5, 5.41) is 11.3. The van der Waals surface area contributed by atoms with Gasteiger partial charge in [0.05, 0.1) is 17.1 Å². The minimum Gasteiger partial charge on any atom is -0.383 e. The second-order valence-electron chi connectivity index (χ2n) is 4.38. The average molecular weight is 268 g/mol. The molecule has 1 fully saturated rings. The van der Waals surface area contributed by atoms with Crippen molar-refractivity contribution in [3.05, 3.63) is 22.2 Å². The molecule has 18 heavy (non-hydrogen) atoms. The van der Waals surface area contributed by atoms with Crippen LogP contribution in [0.3, 0.4) is 0 Å². The van der Waals surface area contributed by atoms with Crippen molar-refractivity contribution in [1.29, 1.82) is 0 Å². The molecule has 0 aliphatic carbocycles. The van der Waals surface area contributed by atoms with Gasteiger partial charge in [0.2, 0.25) is 0 Å². The number of nitro groups is 1. The minimum atomic E-state index is -0.436.